The van der Waals surface area contributed by atoms with E-state index in [1.54, 1.807) is 10.9 Å². The maximum atomic E-state index is 14.1. The molecule has 1 fully saturated rings. The van der Waals surface area contributed by atoms with Crippen molar-refractivity contribution in [3.8, 4) is 10.6 Å². The summed E-state index contributed by atoms with van der Waals surface area (Å²) >= 11 is 0.869. The minimum absolute atomic E-state index is 0.0205. The van der Waals surface area contributed by atoms with Gasteiger partial charge in [-0.05, 0) is 25.0 Å². The summed E-state index contributed by atoms with van der Waals surface area (Å²) in [6.07, 6.45) is 6.10. The SMILES string of the molecule is Cn1ncc(NC(=O)c2nc(-c3c(F)cccc3F)sc2N)c1N1CCCCCC1. The average Bonchev–Trinajstić information content (AvgIpc) is 3.13. The number of anilines is 3. The maximum Gasteiger partial charge on any atom is 0.277 e. The number of hydrogen-bond donors (Lipinski definition) is 2. The minimum atomic E-state index is -0.758. The number of aromatic nitrogens is 3. The average molecular weight is 433 g/mol. The third-order valence-electron chi connectivity index (χ3n) is 5.11. The van der Waals surface area contributed by atoms with Gasteiger partial charge >= 0.3 is 0 Å². The molecule has 3 N–H and O–H groups in total. The molecule has 7 nitrogen and oxygen atoms in total. The second-order valence-electron chi connectivity index (χ2n) is 7.19. The van der Waals surface area contributed by atoms with E-state index < -0.39 is 17.5 Å². The third-order valence-corrected chi connectivity index (χ3v) is 6.01. The van der Waals surface area contributed by atoms with Crippen LogP contribution in [0.2, 0.25) is 0 Å². The van der Waals surface area contributed by atoms with E-state index in [2.05, 4.69) is 20.3 Å². The van der Waals surface area contributed by atoms with E-state index in [4.69, 9.17) is 5.73 Å². The topological polar surface area (TPSA) is 89.1 Å². The Morgan fingerprint density at radius 1 is 1.17 bits per heavy atom. The van der Waals surface area contributed by atoms with E-state index >= 15 is 0 Å². The minimum Gasteiger partial charge on any atom is -0.389 e. The van der Waals surface area contributed by atoms with Crippen LogP contribution in [0, 0.1) is 11.6 Å². The summed E-state index contributed by atoms with van der Waals surface area (Å²) in [6.45, 7) is 1.77. The molecule has 0 unspecified atom stereocenters. The van der Waals surface area contributed by atoms with Gasteiger partial charge in [0.25, 0.3) is 5.91 Å². The number of rotatable bonds is 4. The van der Waals surface area contributed by atoms with Crippen molar-refractivity contribution < 1.29 is 13.6 Å². The van der Waals surface area contributed by atoms with Crippen molar-refractivity contribution in [3.63, 3.8) is 0 Å². The number of nitrogens with two attached hydrogens (primary N) is 1. The molecule has 1 saturated heterocycles. The Hall–Kier alpha value is -3.01. The number of nitrogen functional groups attached to an aromatic ring is 1. The van der Waals surface area contributed by atoms with Crippen LogP contribution in [0.15, 0.2) is 24.4 Å². The van der Waals surface area contributed by atoms with Crippen molar-refractivity contribution in [1.82, 2.24) is 14.8 Å². The smallest absolute Gasteiger partial charge is 0.277 e. The molecule has 158 valence electrons. The van der Waals surface area contributed by atoms with Gasteiger partial charge in [-0.15, -0.1) is 0 Å². The molecule has 2 aromatic heterocycles. The quantitative estimate of drug-likeness (QED) is 0.650. The van der Waals surface area contributed by atoms with Gasteiger partial charge in [0.15, 0.2) is 11.5 Å². The molecule has 0 saturated carbocycles. The summed E-state index contributed by atoms with van der Waals surface area (Å²) in [6, 6.07) is 3.54. The molecule has 0 spiro atoms. The van der Waals surface area contributed by atoms with Crippen LogP contribution < -0.4 is 16.0 Å². The Balaban J connectivity index is 1.61. The van der Waals surface area contributed by atoms with Gasteiger partial charge in [-0.3, -0.25) is 9.48 Å². The molecule has 3 aromatic rings. The first kappa shape index (κ1) is 20.3. The molecule has 0 radical (unpaired) electrons. The van der Waals surface area contributed by atoms with Gasteiger partial charge < -0.3 is 16.0 Å². The van der Waals surface area contributed by atoms with Crippen molar-refractivity contribution in [2.75, 3.05) is 29.0 Å². The second-order valence-corrected chi connectivity index (χ2v) is 8.22. The molecule has 1 amide bonds. The predicted octanol–water partition coefficient (Wildman–Crippen LogP) is 4.04. The van der Waals surface area contributed by atoms with Gasteiger partial charge in [0.05, 0.1) is 11.8 Å². The van der Waals surface area contributed by atoms with Gasteiger partial charge in [0, 0.05) is 20.1 Å². The van der Waals surface area contributed by atoms with Gasteiger partial charge in [0.2, 0.25) is 0 Å². The number of halogens is 2. The van der Waals surface area contributed by atoms with Gasteiger partial charge in [-0.2, -0.15) is 5.10 Å². The standard InChI is InChI=1S/C20H22F2N6OS/c1-27-20(28-9-4-2-3-5-10-28)14(11-24-27)25-18(29)16-17(23)30-19(26-16)15-12(21)7-6-8-13(15)22/h6-8,11H,2-5,9-10,23H2,1H3,(H,25,29). The van der Waals surface area contributed by atoms with E-state index in [-0.39, 0.29) is 21.3 Å². The van der Waals surface area contributed by atoms with Crippen molar-refractivity contribution in [3.05, 3.63) is 41.7 Å². The summed E-state index contributed by atoms with van der Waals surface area (Å²) in [5.74, 6) is -1.24. The molecular weight excluding hydrogens is 410 g/mol. The fourth-order valence-corrected chi connectivity index (χ4v) is 4.54. The number of nitrogens with zero attached hydrogens (tertiary/aromatic N) is 4. The summed E-state index contributed by atoms with van der Waals surface area (Å²) in [5.41, 5.74) is 6.15. The Kier molecular flexibility index (Phi) is 5.67. The van der Waals surface area contributed by atoms with Gasteiger partial charge in [0.1, 0.15) is 27.3 Å². The van der Waals surface area contributed by atoms with E-state index in [1.165, 1.54) is 18.9 Å². The number of amides is 1. The van der Waals surface area contributed by atoms with Crippen LogP contribution in [-0.4, -0.2) is 33.8 Å². The largest absolute Gasteiger partial charge is 0.389 e. The van der Waals surface area contributed by atoms with Crippen LogP contribution in [0.3, 0.4) is 0 Å². The fourth-order valence-electron chi connectivity index (χ4n) is 3.66. The highest BCUT2D eigenvalue weighted by molar-refractivity contribution is 7.19. The lowest BCUT2D eigenvalue weighted by molar-refractivity contribution is 0.102. The Bertz CT molecular complexity index is 1050. The van der Waals surface area contributed by atoms with Gasteiger partial charge in [-0.1, -0.05) is 30.2 Å². The number of benzene rings is 1. The molecule has 30 heavy (non-hydrogen) atoms. The summed E-state index contributed by atoms with van der Waals surface area (Å²) in [5, 5.41) is 7.20. The highest BCUT2D eigenvalue weighted by Crippen LogP contribution is 2.34. The molecule has 3 heterocycles. The zero-order chi connectivity index (χ0) is 21.3. The lowest BCUT2D eigenvalue weighted by atomic mass is 10.2. The molecular formula is C20H22F2N6OS. The van der Waals surface area contributed by atoms with E-state index in [0.717, 1.165) is 55.2 Å². The molecule has 1 aliphatic rings. The van der Waals surface area contributed by atoms with Crippen molar-refractivity contribution in [1.29, 1.82) is 0 Å². The van der Waals surface area contributed by atoms with E-state index in [0.29, 0.717) is 5.69 Å². The number of hydrogen-bond acceptors (Lipinski definition) is 6. The van der Waals surface area contributed by atoms with Crippen molar-refractivity contribution in [2.24, 2.45) is 7.05 Å². The van der Waals surface area contributed by atoms with Gasteiger partial charge in [-0.25, -0.2) is 13.8 Å². The molecule has 1 aromatic carbocycles. The number of aryl methyl sites for hydroxylation is 1. The molecule has 0 aliphatic carbocycles. The molecule has 10 heteroatoms. The third kappa shape index (κ3) is 3.87. The first-order valence-corrected chi connectivity index (χ1v) is 10.6. The second kappa shape index (κ2) is 8.39. The lowest BCUT2D eigenvalue weighted by Gasteiger charge is -2.23. The first-order chi connectivity index (χ1) is 14.5. The zero-order valence-corrected chi connectivity index (χ0v) is 17.3. The highest BCUT2D eigenvalue weighted by atomic mass is 32.1. The van der Waals surface area contributed by atoms with Crippen LogP contribution in [0.4, 0.5) is 25.3 Å². The summed E-state index contributed by atoms with van der Waals surface area (Å²) in [7, 11) is 1.83. The lowest BCUT2D eigenvalue weighted by Crippen LogP contribution is -2.27. The Morgan fingerprint density at radius 2 is 1.83 bits per heavy atom. The molecule has 4 rings (SSSR count). The Labute approximate surface area is 176 Å². The number of thiazole rings is 1. The van der Waals surface area contributed by atoms with E-state index in [9.17, 15) is 13.6 Å². The predicted molar refractivity (Wildman–Crippen MR) is 114 cm³/mol. The monoisotopic (exact) mass is 432 g/mol. The fraction of sp³-hybridized carbons (Fsp3) is 0.350. The molecule has 0 bridgehead atoms. The zero-order valence-electron chi connectivity index (χ0n) is 16.5. The maximum absolute atomic E-state index is 14.1. The van der Waals surface area contributed by atoms with E-state index in [1.807, 2.05) is 7.05 Å². The molecule has 1 aliphatic heterocycles. The van der Waals surface area contributed by atoms with Crippen LogP contribution >= 0.6 is 11.3 Å². The summed E-state index contributed by atoms with van der Waals surface area (Å²) < 4.78 is 29.9. The normalized spacial score (nSPS) is 14.6. The first-order valence-electron chi connectivity index (χ1n) is 9.74. The number of nitrogens with one attached hydrogen (secondary N) is 1. The van der Waals surface area contributed by atoms with Crippen molar-refractivity contribution >= 4 is 33.8 Å². The van der Waals surface area contributed by atoms with Crippen LogP contribution in [0.1, 0.15) is 36.2 Å². The summed E-state index contributed by atoms with van der Waals surface area (Å²) in [4.78, 5) is 19.2. The highest BCUT2D eigenvalue weighted by Gasteiger charge is 2.24. The van der Waals surface area contributed by atoms with Crippen LogP contribution in [0.5, 0.6) is 0 Å². The number of carbonyl (C=O) groups is 1. The molecule has 0 atom stereocenters. The number of carbonyl (C=O) groups excluding carboxylic acids is 1. The van der Waals surface area contributed by atoms with Crippen molar-refractivity contribution in [2.45, 2.75) is 25.7 Å². The van der Waals surface area contributed by atoms with Crippen LogP contribution in [-0.2, 0) is 7.05 Å². The van der Waals surface area contributed by atoms with Crippen LogP contribution in [0.25, 0.3) is 10.6 Å². The Morgan fingerprint density at radius 3 is 2.50 bits per heavy atom.